The Kier molecular flexibility index (Phi) is 5.73. The van der Waals surface area contributed by atoms with E-state index in [0.717, 1.165) is 17.0 Å². The van der Waals surface area contributed by atoms with Crippen molar-refractivity contribution in [2.45, 2.75) is 6.42 Å². The molecular formula is C27H19FN8O2S. The van der Waals surface area contributed by atoms with E-state index >= 15 is 4.39 Å². The predicted molar refractivity (Wildman–Crippen MR) is 146 cm³/mol. The Balaban J connectivity index is 1.43. The fourth-order valence-corrected chi connectivity index (χ4v) is 5.38. The molecule has 192 valence electrons. The number of imidazole rings is 1. The number of carbonyl (C=O) groups excluding carboxylic acids is 2. The van der Waals surface area contributed by atoms with Crippen molar-refractivity contribution in [1.29, 1.82) is 0 Å². The molecule has 0 aliphatic carbocycles. The number of hydrogen-bond acceptors (Lipinski definition) is 8. The van der Waals surface area contributed by atoms with Crippen molar-refractivity contribution < 1.29 is 14.0 Å². The molecule has 0 fully saturated rings. The molecule has 0 spiro atoms. The molecule has 6 aromatic rings. The van der Waals surface area contributed by atoms with E-state index in [0.29, 0.717) is 38.6 Å². The summed E-state index contributed by atoms with van der Waals surface area (Å²) in [4.78, 5) is 41.5. The van der Waals surface area contributed by atoms with E-state index in [4.69, 9.17) is 22.2 Å². The molecule has 0 radical (unpaired) electrons. The van der Waals surface area contributed by atoms with Crippen LogP contribution in [0.25, 0.3) is 38.5 Å². The minimum Gasteiger partial charge on any atom is -0.383 e. The lowest BCUT2D eigenvalue weighted by Crippen LogP contribution is -2.16. The van der Waals surface area contributed by atoms with E-state index in [-0.39, 0.29) is 28.1 Å². The largest absolute Gasteiger partial charge is 0.383 e. The van der Waals surface area contributed by atoms with Gasteiger partial charge in [-0.2, -0.15) is 0 Å². The van der Waals surface area contributed by atoms with Crippen LogP contribution in [0, 0.1) is 5.82 Å². The normalized spacial score (nSPS) is 11.3. The second-order valence-electron chi connectivity index (χ2n) is 8.70. The molecule has 0 saturated carbocycles. The van der Waals surface area contributed by atoms with Crippen LogP contribution in [-0.4, -0.2) is 36.3 Å². The first-order valence-electron chi connectivity index (χ1n) is 11.7. The Morgan fingerprint density at radius 2 is 1.69 bits per heavy atom. The summed E-state index contributed by atoms with van der Waals surface area (Å²) < 4.78 is 17.4. The van der Waals surface area contributed by atoms with Crippen LogP contribution in [0.2, 0.25) is 0 Å². The SMILES string of the molecule is NC(=O)c1nc2c(C(N)=O)c(Cc3ccc(-n4c(-c5cccnc5N)nc5cccnc54)cc3)c(F)cc2s1. The molecule has 0 saturated heterocycles. The number of thiazole rings is 1. The number of amides is 2. The maximum Gasteiger partial charge on any atom is 0.277 e. The summed E-state index contributed by atoms with van der Waals surface area (Å²) in [5.74, 6) is -1.33. The van der Waals surface area contributed by atoms with Gasteiger partial charge in [0.1, 0.15) is 17.2 Å². The number of fused-ring (bicyclic) bond motifs is 2. The van der Waals surface area contributed by atoms with E-state index in [1.807, 2.05) is 41.0 Å². The monoisotopic (exact) mass is 538 g/mol. The summed E-state index contributed by atoms with van der Waals surface area (Å²) in [5, 5.41) is -0.0281. The smallest absolute Gasteiger partial charge is 0.277 e. The number of primary amides is 2. The highest BCUT2D eigenvalue weighted by Crippen LogP contribution is 2.32. The van der Waals surface area contributed by atoms with Gasteiger partial charge in [-0.05, 0) is 48.0 Å². The molecule has 0 unspecified atom stereocenters. The number of anilines is 1. The van der Waals surface area contributed by atoms with Gasteiger partial charge in [-0.1, -0.05) is 12.1 Å². The molecule has 6 N–H and O–H groups in total. The van der Waals surface area contributed by atoms with Crippen molar-refractivity contribution >= 4 is 50.3 Å². The van der Waals surface area contributed by atoms with Crippen LogP contribution in [-0.2, 0) is 6.42 Å². The molecule has 0 atom stereocenters. The van der Waals surface area contributed by atoms with Gasteiger partial charge in [-0.25, -0.2) is 24.3 Å². The van der Waals surface area contributed by atoms with Crippen LogP contribution < -0.4 is 17.2 Å². The molecular weight excluding hydrogens is 519 g/mol. The van der Waals surface area contributed by atoms with Crippen LogP contribution in [0.4, 0.5) is 10.2 Å². The number of pyridine rings is 2. The zero-order valence-corrected chi connectivity index (χ0v) is 20.9. The van der Waals surface area contributed by atoms with Gasteiger partial charge < -0.3 is 17.2 Å². The average Bonchev–Trinajstić information content (AvgIpc) is 3.51. The molecule has 0 aliphatic heterocycles. The van der Waals surface area contributed by atoms with E-state index in [2.05, 4.69) is 15.0 Å². The number of aromatic nitrogens is 5. The van der Waals surface area contributed by atoms with Crippen LogP contribution >= 0.6 is 11.3 Å². The lowest BCUT2D eigenvalue weighted by molar-refractivity contribution is 0.0990. The maximum absolute atomic E-state index is 15.2. The second kappa shape index (κ2) is 9.26. The number of benzene rings is 2. The molecule has 10 nitrogen and oxygen atoms in total. The van der Waals surface area contributed by atoms with Gasteiger partial charge in [0, 0.05) is 30.1 Å². The zero-order valence-electron chi connectivity index (χ0n) is 20.1. The summed E-state index contributed by atoms with van der Waals surface area (Å²) in [6.45, 7) is 0. The third-order valence-corrected chi connectivity index (χ3v) is 7.28. The van der Waals surface area contributed by atoms with E-state index in [9.17, 15) is 9.59 Å². The molecule has 2 aromatic carbocycles. The number of nitrogen functional groups attached to an aromatic ring is 1. The lowest BCUT2D eigenvalue weighted by Gasteiger charge is -2.12. The third-order valence-electron chi connectivity index (χ3n) is 6.27. The Morgan fingerprint density at radius 1 is 0.949 bits per heavy atom. The molecule has 0 aliphatic rings. The predicted octanol–water partition coefficient (Wildman–Crippen LogP) is 3.60. The number of nitrogens with zero attached hydrogens (tertiary/aromatic N) is 5. The fraction of sp³-hybridized carbons (Fsp3) is 0.0370. The summed E-state index contributed by atoms with van der Waals surface area (Å²) in [6, 6.07) is 15.8. The minimum absolute atomic E-state index is 0.0281. The molecule has 2 amide bonds. The van der Waals surface area contributed by atoms with Crippen molar-refractivity contribution in [3.63, 3.8) is 0 Å². The van der Waals surface area contributed by atoms with Crippen LogP contribution in [0.15, 0.2) is 67.0 Å². The van der Waals surface area contributed by atoms with Gasteiger partial charge in [0.15, 0.2) is 16.5 Å². The Morgan fingerprint density at radius 3 is 2.41 bits per heavy atom. The summed E-state index contributed by atoms with van der Waals surface area (Å²) in [5.41, 5.74) is 20.7. The van der Waals surface area contributed by atoms with Crippen LogP contribution in [0.5, 0.6) is 0 Å². The number of nitrogens with two attached hydrogens (primary N) is 3. The standard InChI is InChI=1S/C27H19FN8O2S/c28-17-12-19-21(35-27(39-19)24(31)38)20(23(30)37)16(17)11-13-5-7-14(8-6-13)36-25(15-3-1-9-32-22(15)29)34-18-4-2-10-33-26(18)36/h1-10,12H,11H2,(H2,29,32)(H2,30,37)(H2,31,38). The van der Waals surface area contributed by atoms with Gasteiger partial charge >= 0.3 is 0 Å². The highest BCUT2D eigenvalue weighted by molar-refractivity contribution is 7.20. The molecule has 0 bridgehead atoms. The number of rotatable bonds is 6. The maximum atomic E-state index is 15.2. The molecule has 39 heavy (non-hydrogen) atoms. The minimum atomic E-state index is -0.845. The van der Waals surface area contributed by atoms with Crippen LogP contribution in [0.3, 0.4) is 0 Å². The van der Waals surface area contributed by atoms with Gasteiger partial charge in [0.2, 0.25) is 0 Å². The highest BCUT2D eigenvalue weighted by Gasteiger charge is 2.23. The first kappa shape index (κ1) is 24.1. The first-order chi connectivity index (χ1) is 18.8. The van der Waals surface area contributed by atoms with Crippen LogP contribution in [0.1, 0.15) is 31.3 Å². The lowest BCUT2D eigenvalue weighted by atomic mass is 9.97. The van der Waals surface area contributed by atoms with Gasteiger partial charge in [0.25, 0.3) is 11.8 Å². The Bertz CT molecular complexity index is 1930. The molecule has 4 aromatic heterocycles. The van der Waals surface area contributed by atoms with Crippen molar-refractivity contribution in [1.82, 2.24) is 24.5 Å². The van der Waals surface area contributed by atoms with Crippen molar-refractivity contribution in [2.24, 2.45) is 11.5 Å². The summed E-state index contributed by atoms with van der Waals surface area (Å²) in [7, 11) is 0. The van der Waals surface area contributed by atoms with E-state index in [1.165, 1.54) is 6.07 Å². The van der Waals surface area contributed by atoms with Gasteiger partial charge in [-0.3, -0.25) is 14.2 Å². The molecule has 6 rings (SSSR count). The second-order valence-corrected chi connectivity index (χ2v) is 9.73. The average molecular weight is 539 g/mol. The zero-order chi connectivity index (χ0) is 27.3. The number of carbonyl (C=O) groups is 2. The fourth-order valence-electron chi connectivity index (χ4n) is 4.53. The Hall–Kier alpha value is -5.23. The molecule has 12 heteroatoms. The number of hydrogen-bond donors (Lipinski definition) is 3. The summed E-state index contributed by atoms with van der Waals surface area (Å²) in [6.07, 6.45) is 3.35. The van der Waals surface area contributed by atoms with Crippen molar-refractivity contribution in [2.75, 3.05) is 5.73 Å². The summed E-state index contributed by atoms with van der Waals surface area (Å²) >= 11 is 0.906. The highest BCUT2D eigenvalue weighted by atomic mass is 32.1. The van der Waals surface area contributed by atoms with Crippen molar-refractivity contribution in [3.05, 3.63) is 94.5 Å². The quantitative estimate of drug-likeness (QED) is 0.291. The van der Waals surface area contributed by atoms with Gasteiger partial charge in [0.05, 0.1) is 21.3 Å². The Labute approximate surface area is 224 Å². The number of halogens is 1. The first-order valence-corrected chi connectivity index (χ1v) is 12.5. The third kappa shape index (κ3) is 4.12. The van der Waals surface area contributed by atoms with Crippen molar-refractivity contribution in [3.8, 4) is 17.1 Å². The van der Waals surface area contributed by atoms with E-state index in [1.54, 1.807) is 24.5 Å². The molecule has 4 heterocycles. The topological polar surface area (TPSA) is 169 Å². The van der Waals surface area contributed by atoms with E-state index < -0.39 is 17.6 Å². The van der Waals surface area contributed by atoms with Gasteiger partial charge in [-0.15, -0.1) is 11.3 Å².